The molecule has 1 saturated carbocycles. The number of nitrogens with zero attached hydrogens (tertiary/aromatic N) is 2. The molecule has 0 bridgehead atoms. The molecular formula is C29H31N3O4S. The zero-order chi connectivity index (χ0) is 25.6. The third kappa shape index (κ3) is 4.77. The van der Waals surface area contributed by atoms with Gasteiger partial charge in [-0.05, 0) is 60.2 Å². The first-order valence-corrected chi connectivity index (χ1v) is 14.3. The monoisotopic (exact) mass is 517 g/mol. The third-order valence-electron chi connectivity index (χ3n) is 7.87. The quantitative estimate of drug-likeness (QED) is 0.502. The van der Waals surface area contributed by atoms with Crippen molar-refractivity contribution in [2.45, 2.75) is 42.2 Å². The molecule has 1 atom stereocenters. The van der Waals surface area contributed by atoms with E-state index in [1.165, 1.54) is 23.3 Å². The summed E-state index contributed by atoms with van der Waals surface area (Å²) in [4.78, 5) is 17.7. The van der Waals surface area contributed by atoms with Crippen molar-refractivity contribution in [3.05, 3.63) is 95.1 Å². The number of β-amino-alcohol motifs (C(OH)–C–C–N with tert-alkyl or cyclic N) is 1. The second kappa shape index (κ2) is 9.28. The van der Waals surface area contributed by atoms with Crippen LogP contribution in [-0.2, 0) is 28.4 Å². The number of rotatable bonds is 7. The number of aliphatic hydroxyl groups is 1. The zero-order valence-corrected chi connectivity index (χ0v) is 21.5. The number of amides is 1. The Bertz CT molecular complexity index is 1440. The second-order valence-electron chi connectivity index (χ2n) is 10.6. The van der Waals surface area contributed by atoms with Crippen molar-refractivity contribution in [1.29, 1.82) is 0 Å². The van der Waals surface area contributed by atoms with Gasteiger partial charge in [0.2, 0.25) is 0 Å². The van der Waals surface area contributed by atoms with E-state index in [9.17, 15) is 18.3 Å². The van der Waals surface area contributed by atoms with Crippen LogP contribution < -0.4 is 4.72 Å². The third-order valence-corrected chi connectivity index (χ3v) is 9.27. The Hall–Kier alpha value is -3.20. The van der Waals surface area contributed by atoms with Crippen molar-refractivity contribution < 1.29 is 18.3 Å². The predicted octanol–water partition coefficient (Wildman–Crippen LogP) is 3.39. The van der Waals surface area contributed by atoms with Gasteiger partial charge in [-0.15, -0.1) is 0 Å². The highest BCUT2D eigenvalue weighted by atomic mass is 32.2. The maximum absolute atomic E-state index is 13.5. The number of carbonyl (C=O) groups excluding carboxylic acids is 1. The van der Waals surface area contributed by atoms with E-state index < -0.39 is 16.1 Å². The molecule has 0 unspecified atom stereocenters. The van der Waals surface area contributed by atoms with E-state index in [2.05, 4.69) is 27.8 Å². The number of carbonyl (C=O) groups is 1. The van der Waals surface area contributed by atoms with Crippen LogP contribution in [-0.4, -0.2) is 61.5 Å². The molecule has 1 amide bonds. The van der Waals surface area contributed by atoms with Crippen LogP contribution in [0.25, 0.3) is 0 Å². The Labute approximate surface area is 217 Å². The number of aliphatic hydroxyl groups excluding tert-OH is 1. The predicted molar refractivity (Wildman–Crippen MR) is 142 cm³/mol. The summed E-state index contributed by atoms with van der Waals surface area (Å²) in [6, 6.07) is 21.9. The molecule has 1 spiro atoms. The number of hydrogen-bond acceptors (Lipinski definition) is 5. The molecule has 0 aromatic heterocycles. The molecule has 1 fully saturated rings. The molecule has 3 aliphatic rings. The molecular weight excluding hydrogens is 486 g/mol. The lowest BCUT2D eigenvalue weighted by molar-refractivity contribution is 0.0459. The van der Waals surface area contributed by atoms with Crippen LogP contribution in [0, 0.1) is 0 Å². The summed E-state index contributed by atoms with van der Waals surface area (Å²) in [6.45, 7) is 3.05. The number of benzene rings is 3. The van der Waals surface area contributed by atoms with Crippen LogP contribution in [0.5, 0.6) is 0 Å². The van der Waals surface area contributed by atoms with E-state index in [4.69, 9.17) is 0 Å². The SMILES string of the molecule is O=C1c2cc(NS(=O)(=O)c3ccccc3)ccc2C2(CC2)CN1C[C@H](O)CN1CCc2ccccc2C1. The normalized spacial score (nSPS) is 19.3. The van der Waals surface area contributed by atoms with Crippen LogP contribution >= 0.6 is 0 Å². The number of sulfonamides is 1. The van der Waals surface area contributed by atoms with Gasteiger partial charge in [0.05, 0.1) is 11.0 Å². The van der Waals surface area contributed by atoms with Crippen molar-refractivity contribution in [3.63, 3.8) is 0 Å². The minimum atomic E-state index is -3.76. The average molecular weight is 518 g/mol. The van der Waals surface area contributed by atoms with Gasteiger partial charge in [0.15, 0.2) is 0 Å². The van der Waals surface area contributed by atoms with Gasteiger partial charge >= 0.3 is 0 Å². The van der Waals surface area contributed by atoms with Gasteiger partial charge in [0.1, 0.15) is 0 Å². The average Bonchev–Trinajstić information content (AvgIpc) is 3.67. The first kappa shape index (κ1) is 24.2. The standard InChI is InChI=1S/C29H31N3O4S/c33-24(18-31-15-12-21-6-4-5-7-22(21)17-31)19-32-20-29(13-14-29)27-11-10-23(16-26(27)28(32)34)30-37(35,36)25-8-2-1-3-9-25/h1-11,16,24,30,33H,12-15,17-20H2/t24-/m1/s1. The smallest absolute Gasteiger partial charge is 0.261 e. The molecule has 0 radical (unpaired) electrons. The van der Waals surface area contributed by atoms with E-state index >= 15 is 0 Å². The van der Waals surface area contributed by atoms with E-state index in [1.54, 1.807) is 35.2 Å². The van der Waals surface area contributed by atoms with Crippen LogP contribution in [0.15, 0.2) is 77.7 Å². The van der Waals surface area contributed by atoms with E-state index in [0.29, 0.717) is 24.3 Å². The Balaban J connectivity index is 1.17. The summed E-state index contributed by atoms with van der Waals surface area (Å²) in [5.41, 5.74) is 4.44. The van der Waals surface area contributed by atoms with Crippen molar-refractivity contribution >= 4 is 21.6 Å². The number of anilines is 1. The van der Waals surface area contributed by atoms with E-state index in [-0.39, 0.29) is 22.8 Å². The highest BCUT2D eigenvalue weighted by Crippen LogP contribution is 2.52. The highest BCUT2D eigenvalue weighted by molar-refractivity contribution is 7.92. The summed E-state index contributed by atoms with van der Waals surface area (Å²) < 4.78 is 28.3. The molecule has 2 N–H and O–H groups in total. The van der Waals surface area contributed by atoms with Gasteiger partial charge in [-0.2, -0.15) is 0 Å². The topological polar surface area (TPSA) is 90.0 Å². The van der Waals surface area contributed by atoms with Gasteiger partial charge in [-0.3, -0.25) is 14.4 Å². The van der Waals surface area contributed by atoms with Crippen molar-refractivity contribution in [2.24, 2.45) is 0 Å². The Morgan fingerprint density at radius 1 is 0.946 bits per heavy atom. The fraction of sp³-hybridized carbons (Fsp3) is 0.345. The minimum Gasteiger partial charge on any atom is -0.390 e. The van der Waals surface area contributed by atoms with Crippen molar-refractivity contribution in [2.75, 3.05) is 30.9 Å². The zero-order valence-electron chi connectivity index (χ0n) is 20.6. The molecule has 2 heterocycles. The molecule has 0 saturated heterocycles. The fourth-order valence-electron chi connectivity index (χ4n) is 5.80. The Kier molecular flexibility index (Phi) is 6.06. The maximum Gasteiger partial charge on any atom is 0.261 e. The van der Waals surface area contributed by atoms with Gasteiger partial charge in [0, 0.05) is 49.4 Å². The van der Waals surface area contributed by atoms with Gasteiger partial charge < -0.3 is 10.0 Å². The van der Waals surface area contributed by atoms with Crippen molar-refractivity contribution in [1.82, 2.24) is 9.80 Å². The fourth-order valence-corrected chi connectivity index (χ4v) is 6.87. The molecule has 3 aromatic carbocycles. The highest BCUT2D eigenvalue weighted by Gasteiger charge is 2.51. The van der Waals surface area contributed by atoms with Gasteiger partial charge in [-0.1, -0.05) is 48.5 Å². The lowest BCUT2D eigenvalue weighted by Crippen LogP contribution is -2.49. The summed E-state index contributed by atoms with van der Waals surface area (Å²) >= 11 is 0. The van der Waals surface area contributed by atoms with Crippen LogP contribution in [0.2, 0.25) is 0 Å². The summed E-state index contributed by atoms with van der Waals surface area (Å²) in [5, 5.41) is 11.0. The first-order chi connectivity index (χ1) is 17.8. The van der Waals surface area contributed by atoms with Crippen LogP contribution in [0.3, 0.4) is 0 Å². The van der Waals surface area contributed by atoms with Crippen LogP contribution in [0.1, 0.15) is 39.9 Å². The minimum absolute atomic E-state index is 0.0934. The number of hydrogen-bond donors (Lipinski definition) is 2. The first-order valence-electron chi connectivity index (χ1n) is 12.8. The summed E-state index contributed by atoms with van der Waals surface area (Å²) in [6.07, 6.45) is 2.27. The number of nitrogens with one attached hydrogen (secondary N) is 1. The molecule has 192 valence electrons. The van der Waals surface area contributed by atoms with Crippen LogP contribution in [0.4, 0.5) is 5.69 Å². The largest absolute Gasteiger partial charge is 0.390 e. The Morgan fingerprint density at radius 2 is 1.68 bits per heavy atom. The second-order valence-corrected chi connectivity index (χ2v) is 12.2. The summed E-state index contributed by atoms with van der Waals surface area (Å²) in [5.74, 6) is -0.156. The molecule has 1 aliphatic carbocycles. The van der Waals surface area contributed by atoms with E-state index in [1.807, 2.05) is 12.1 Å². The number of fused-ring (bicyclic) bond motifs is 3. The molecule has 3 aromatic rings. The van der Waals surface area contributed by atoms with Gasteiger partial charge in [-0.25, -0.2) is 8.42 Å². The summed E-state index contributed by atoms with van der Waals surface area (Å²) in [7, 11) is -3.76. The van der Waals surface area contributed by atoms with Crippen molar-refractivity contribution in [3.8, 4) is 0 Å². The molecule has 8 heteroatoms. The lowest BCUT2D eigenvalue weighted by atomic mass is 9.86. The Morgan fingerprint density at radius 3 is 2.43 bits per heavy atom. The lowest BCUT2D eigenvalue weighted by Gasteiger charge is -2.37. The molecule has 6 rings (SSSR count). The van der Waals surface area contributed by atoms with Gasteiger partial charge in [0.25, 0.3) is 15.9 Å². The van der Waals surface area contributed by atoms with E-state index in [0.717, 1.165) is 37.9 Å². The molecule has 37 heavy (non-hydrogen) atoms. The maximum atomic E-state index is 13.5. The molecule has 7 nitrogen and oxygen atoms in total. The molecule has 2 aliphatic heterocycles.